The molecule has 1 aliphatic carbocycles. The first-order chi connectivity index (χ1) is 22.4. The number of H-pyrrole nitrogens is 1. The third kappa shape index (κ3) is 7.03. The van der Waals surface area contributed by atoms with Gasteiger partial charge in [-0.3, -0.25) is 19.1 Å². The Morgan fingerprint density at radius 2 is 1.57 bits per heavy atom. The average Bonchev–Trinajstić information content (AvgIpc) is 3.73. The molecular formula is C36H42N6O4. The highest BCUT2D eigenvalue weighted by Crippen LogP contribution is 2.38. The Morgan fingerprint density at radius 1 is 0.935 bits per heavy atom. The Kier molecular flexibility index (Phi) is 10.6. The Labute approximate surface area is 267 Å². The second kappa shape index (κ2) is 15.0. The van der Waals surface area contributed by atoms with Crippen LogP contribution in [0.4, 0.5) is 0 Å². The quantitative estimate of drug-likeness (QED) is 0.186. The number of hydrogen-bond donors (Lipinski definition) is 4. The number of amides is 1. The molecule has 0 bridgehead atoms. The highest BCUT2D eigenvalue weighted by molar-refractivity contribution is 5.84. The number of benzene rings is 3. The van der Waals surface area contributed by atoms with Gasteiger partial charge in [0.2, 0.25) is 5.91 Å². The summed E-state index contributed by atoms with van der Waals surface area (Å²) in [6, 6.07) is 27.0. The SMILES string of the molecule is CN.Cn1c(=O)[nH]c2nc(Cc3ccccc3)n(Cc3ccc(C(C(=O)N[C@@H](CO)c4ccccc4)C4CCCC4)cc3)c2c1=O. The fourth-order valence-electron chi connectivity index (χ4n) is 6.45. The summed E-state index contributed by atoms with van der Waals surface area (Å²) in [7, 11) is 2.96. The summed E-state index contributed by atoms with van der Waals surface area (Å²) >= 11 is 0. The molecule has 1 amide bonds. The van der Waals surface area contributed by atoms with Gasteiger partial charge in [0.15, 0.2) is 11.2 Å². The molecule has 5 N–H and O–H groups in total. The van der Waals surface area contributed by atoms with Gasteiger partial charge in [0.25, 0.3) is 5.56 Å². The van der Waals surface area contributed by atoms with Crippen molar-refractivity contribution in [3.8, 4) is 0 Å². The third-order valence-electron chi connectivity index (χ3n) is 8.82. The number of rotatable bonds is 10. The van der Waals surface area contributed by atoms with E-state index >= 15 is 0 Å². The van der Waals surface area contributed by atoms with Crippen molar-refractivity contribution in [2.24, 2.45) is 18.7 Å². The van der Waals surface area contributed by atoms with E-state index in [-0.39, 0.29) is 30.0 Å². The molecule has 0 aliphatic heterocycles. The van der Waals surface area contributed by atoms with Gasteiger partial charge >= 0.3 is 5.69 Å². The van der Waals surface area contributed by atoms with Crippen LogP contribution < -0.4 is 22.3 Å². The second-order valence-electron chi connectivity index (χ2n) is 11.7. The van der Waals surface area contributed by atoms with Gasteiger partial charge in [-0.25, -0.2) is 9.78 Å². The van der Waals surface area contributed by atoms with Crippen LogP contribution in [0.25, 0.3) is 11.2 Å². The molecule has 5 aromatic rings. The zero-order valence-corrected chi connectivity index (χ0v) is 26.4. The van der Waals surface area contributed by atoms with Gasteiger partial charge in [-0.2, -0.15) is 0 Å². The van der Waals surface area contributed by atoms with Gasteiger partial charge in [-0.15, -0.1) is 0 Å². The zero-order valence-electron chi connectivity index (χ0n) is 26.4. The molecule has 2 heterocycles. The van der Waals surface area contributed by atoms with E-state index in [0.29, 0.717) is 24.3 Å². The maximum Gasteiger partial charge on any atom is 0.329 e. The van der Waals surface area contributed by atoms with Gasteiger partial charge in [-0.05, 0) is 48.1 Å². The summed E-state index contributed by atoms with van der Waals surface area (Å²) in [5.74, 6) is 0.495. The number of nitrogens with one attached hydrogen (secondary N) is 2. The topological polar surface area (TPSA) is 148 Å². The lowest BCUT2D eigenvalue weighted by Gasteiger charge is -2.26. The standard InChI is InChI=1S/C35H37N5O4.CH5N/c1-39-34(43)31-32(38-35(39)44)37-29(20-23-10-4-2-5-11-23)40(31)21-24-16-18-27(19-17-24)30(26-14-8-9-15-26)33(42)36-28(22-41)25-12-6-3-7-13-25;1-2/h2-7,10-13,16-19,26,28,30,41H,8-9,14-15,20-22H2,1H3,(H,36,42)(H,38,44);2H2,1H3/t28-,30?;/m0./s1. The third-order valence-corrected chi connectivity index (χ3v) is 8.82. The van der Waals surface area contributed by atoms with E-state index in [4.69, 9.17) is 0 Å². The maximum atomic E-state index is 13.8. The van der Waals surface area contributed by atoms with Crippen LogP contribution >= 0.6 is 0 Å². The number of aliphatic hydroxyl groups excluding tert-OH is 1. The molecule has 1 fully saturated rings. The molecule has 0 spiro atoms. The highest BCUT2D eigenvalue weighted by Gasteiger charge is 2.33. The summed E-state index contributed by atoms with van der Waals surface area (Å²) < 4.78 is 2.94. The smallest absolute Gasteiger partial charge is 0.329 e. The molecule has 240 valence electrons. The number of nitrogens with zero attached hydrogens (tertiary/aromatic N) is 3. The van der Waals surface area contributed by atoms with Crippen molar-refractivity contribution in [2.45, 2.75) is 50.6 Å². The fraction of sp³-hybridized carbons (Fsp3) is 0.333. The largest absolute Gasteiger partial charge is 0.394 e. The highest BCUT2D eigenvalue weighted by atomic mass is 16.3. The number of imidazole rings is 1. The van der Waals surface area contributed by atoms with Gasteiger partial charge in [0.05, 0.1) is 18.6 Å². The van der Waals surface area contributed by atoms with Gasteiger partial charge < -0.3 is 20.7 Å². The second-order valence-corrected chi connectivity index (χ2v) is 11.7. The number of carbonyl (C=O) groups excluding carboxylic acids is 1. The Morgan fingerprint density at radius 3 is 2.20 bits per heavy atom. The minimum absolute atomic E-state index is 0.0780. The van der Waals surface area contributed by atoms with Crippen molar-refractivity contribution < 1.29 is 9.90 Å². The first kappa shape index (κ1) is 32.6. The molecule has 3 aromatic carbocycles. The monoisotopic (exact) mass is 622 g/mol. The van der Waals surface area contributed by atoms with Crippen LogP contribution in [0.15, 0.2) is 94.5 Å². The van der Waals surface area contributed by atoms with Crippen molar-refractivity contribution >= 4 is 17.1 Å². The molecule has 0 radical (unpaired) electrons. The summed E-state index contributed by atoms with van der Waals surface area (Å²) in [4.78, 5) is 46.8. The summed E-state index contributed by atoms with van der Waals surface area (Å²) in [5.41, 5.74) is 8.01. The van der Waals surface area contributed by atoms with E-state index in [1.165, 1.54) is 14.1 Å². The van der Waals surface area contributed by atoms with Crippen LogP contribution in [0.2, 0.25) is 0 Å². The molecule has 1 unspecified atom stereocenters. The fourth-order valence-corrected chi connectivity index (χ4v) is 6.45. The normalized spacial score (nSPS) is 14.4. The van der Waals surface area contributed by atoms with Crippen molar-refractivity contribution in [1.82, 2.24) is 24.4 Å². The van der Waals surface area contributed by atoms with Crippen LogP contribution in [0.3, 0.4) is 0 Å². The molecule has 2 aromatic heterocycles. The van der Waals surface area contributed by atoms with Crippen molar-refractivity contribution in [3.63, 3.8) is 0 Å². The Bertz CT molecular complexity index is 1860. The predicted octanol–water partition coefficient (Wildman–Crippen LogP) is 3.76. The number of carbonyl (C=O) groups is 1. The average molecular weight is 623 g/mol. The van der Waals surface area contributed by atoms with Crippen LogP contribution in [0, 0.1) is 5.92 Å². The number of aliphatic hydroxyl groups is 1. The molecule has 0 saturated heterocycles. The van der Waals surface area contributed by atoms with E-state index < -0.39 is 17.3 Å². The molecule has 10 nitrogen and oxygen atoms in total. The molecule has 1 aliphatic rings. The first-order valence-electron chi connectivity index (χ1n) is 15.8. The van der Waals surface area contributed by atoms with Crippen LogP contribution in [0.5, 0.6) is 0 Å². The van der Waals surface area contributed by atoms with Crippen LogP contribution in [-0.4, -0.2) is 43.8 Å². The van der Waals surface area contributed by atoms with Gasteiger partial charge in [0, 0.05) is 20.0 Å². The van der Waals surface area contributed by atoms with Crippen molar-refractivity contribution in [2.75, 3.05) is 13.7 Å². The number of nitrogens with two attached hydrogens (primary N) is 1. The first-order valence-corrected chi connectivity index (χ1v) is 15.8. The van der Waals surface area contributed by atoms with Gasteiger partial charge in [-0.1, -0.05) is 97.8 Å². The number of hydrogen-bond acceptors (Lipinski definition) is 6. The van der Waals surface area contributed by atoms with E-state index in [9.17, 15) is 19.5 Å². The number of fused-ring (bicyclic) bond motifs is 1. The minimum atomic E-state index is -0.505. The zero-order chi connectivity index (χ0) is 32.6. The molecule has 2 atom stereocenters. The Hall–Kier alpha value is -4.80. The van der Waals surface area contributed by atoms with E-state index in [0.717, 1.165) is 52.5 Å². The Balaban J connectivity index is 0.00000204. The molecule has 46 heavy (non-hydrogen) atoms. The summed E-state index contributed by atoms with van der Waals surface area (Å²) in [6.45, 7) is 0.197. The van der Waals surface area contributed by atoms with Crippen molar-refractivity contribution in [1.29, 1.82) is 0 Å². The van der Waals surface area contributed by atoms with Crippen LogP contribution in [-0.2, 0) is 24.8 Å². The molecule has 6 rings (SSSR count). The van der Waals surface area contributed by atoms with E-state index in [1.54, 1.807) is 0 Å². The lowest BCUT2D eigenvalue weighted by atomic mass is 9.83. The molecule has 1 saturated carbocycles. The van der Waals surface area contributed by atoms with Crippen molar-refractivity contribution in [3.05, 3.63) is 134 Å². The molecule has 10 heteroatoms. The summed E-state index contributed by atoms with van der Waals surface area (Å²) in [5, 5.41) is 13.2. The lowest BCUT2D eigenvalue weighted by molar-refractivity contribution is -0.124. The number of aromatic nitrogens is 4. The van der Waals surface area contributed by atoms with E-state index in [2.05, 4.69) is 21.0 Å². The number of aromatic amines is 1. The molecular weight excluding hydrogens is 580 g/mol. The van der Waals surface area contributed by atoms with E-state index in [1.807, 2.05) is 89.5 Å². The van der Waals surface area contributed by atoms with Crippen LogP contribution in [0.1, 0.15) is 65.7 Å². The maximum absolute atomic E-state index is 13.8. The van der Waals surface area contributed by atoms with Gasteiger partial charge in [0.1, 0.15) is 5.82 Å². The minimum Gasteiger partial charge on any atom is -0.394 e. The predicted molar refractivity (Wildman–Crippen MR) is 180 cm³/mol. The lowest BCUT2D eigenvalue weighted by Crippen LogP contribution is -2.37. The summed E-state index contributed by atoms with van der Waals surface area (Å²) in [6.07, 6.45) is 4.67.